The Bertz CT molecular complexity index is 242. The SMILES string of the molecule is CCC(N)C(N1CCC(C)CC1C)C(F)(F)F. The Morgan fingerprint density at radius 2 is 1.94 bits per heavy atom. The normalized spacial score (nSPS) is 31.2. The molecule has 17 heavy (non-hydrogen) atoms. The van der Waals surface area contributed by atoms with Crippen LogP contribution in [0, 0.1) is 5.92 Å². The monoisotopic (exact) mass is 252 g/mol. The molecule has 1 heterocycles. The lowest BCUT2D eigenvalue weighted by Gasteiger charge is -2.44. The summed E-state index contributed by atoms with van der Waals surface area (Å²) in [5.74, 6) is 0.507. The Morgan fingerprint density at radius 3 is 2.35 bits per heavy atom. The molecule has 1 fully saturated rings. The molecule has 4 unspecified atom stereocenters. The van der Waals surface area contributed by atoms with Gasteiger partial charge in [0.15, 0.2) is 0 Å². The minimum absolute atomic E-state index is 0.0389. The molecular weight excluding hydrogens is 229 g/mol. The van der Waals surface area contributed by atoms with Crippen molar-refractivity contribution in [3.8, 4) is 0 Å². The zero-order valence-corrected chi connectivity index (χ0v) is 10.8. The van der Waals surface area contributed by atoms with Gasteiger partial charge in [-0.2, -0.15) is 13.2 Å². The number of hydrogen-bond donors (Lipinski definition) is 1. The molecule has 0 aromatic rings. The van der Waals surface area contributed by atoms with Crippen LogP contribution in [0.1, 0.15) is 40.0 Å². The van der Waals surface area contributed by atoms with Crippen molar-refractivity contribution in [2.75, 3.05) is 6.54 Å². The summed E-state index contributed by atoms with van der Waals surface area (Å²) in [6.07, 6.45) is -2.23. The second-order valence-corrected chi connectivity index (χ2v) is 5.27. The molecule has 0 spiro atoms. The molecule has 4 atom stereocenters. The van der Waals surface area contributed by atoms with Crippen molar-refractivity contribution in [3.05, 3.63) is 0 Å². The van der Waals surface area contributed by atoms with E-state index < -0.39 is 18.3 Å². The zero-order chi connectivity index (χ0) is 13.2. The summed E-state index contributed by atoms with van der Waals surface area (Å²) in [7, 11) is 0. The van der Waals surface area contributed by atoms with Crippen molar-refractivity contribution in [2.45, 2.75) is 64.3 Å². The van der Waals surface area contributed by atoms with E-state index in [-0.39, 0.29) is 6.04 Å². The smallest absolute Gasteiger partial charge is 0.326 e. The second kappa shape index (κ2) is 5.57. The lowest BCUT2D eigenvalue weighted by molar-refractivity contribution is -0.199. The van der Waals surface area contributed by atoms with Crippen LogP contribution in [0.2, 0.25) is 0 Å². The lowest BCUT2D eigenvalue weighted by atomic mass is 9.90. The molecule has 5 heteroatoms. The summed E-state index contributed by atoms with van der Waals surface area (Å²) < 4.78 is 39.3. The van der Waals surface area contributed by atoms with Gasteiger partial charge in [-0.3, -0.25) is 4.90 Å². The van der Waals surface area contributed by atoms with E-state index >= 15 is 0 Å². The van der Waals surface area contributed by atoms with Gasteiger partial charge in [-0.15, -0.1) is 0 Å². The first-order valence-corrected chi connectivity index (χ1v) is 6.35. The number of alkyl halides is 3. The van der Waals surface area contributed by atoms with Gasteiger partial charge in [0.25, 0.3) is 0 Å². The first-order valence-electron chi connectivity index (χ1n) is 6.35. The second-order valence-electron chi connectivity index (χ2n) is 5.27. The van der Waals surface area contributed by atoms with Crippen LogP contribution in [0.5, 0.6) is 0 Å². The molecule has 0 aromatic heterocycles. The topological polar surface area (TPSA) is 29.3 Å². The summed E-state index contributed by atoms with van der Waals surface area (Å²) in [5.41, 5.74) is 5.67. The Labute approximate surface area is 101 Å². The first kappa shape index (κ1) is 14.8. The van der Waals surface area contributed by atoms with Gasteiger partial charge in [0.05, 0.1) is 0 Å². The lowest BCUT2D eigenvalue weighted by Crippen LogP contribution is -2.60. The van der Waals surface area contributed by atoms with E-state index in [0.29, 0.717) is 18.9 Å². The van der Waals surface area contributed by atoms with Crippen molar-refractivity contribution in [1.82, 2.24) is 4.90 Å². The molecule has 1 rings (SSSR count). The standard InChI is InChI=1S/C12H23F3N2/c1-4-10(16)11(12(13,14)15)17-6-5-8(2)7-9(17)3/h8-11H,4-7,16H2,1-3H3. The van der Waals surface area contributed by atoms with Gasteiger partial charge in [-0.1, -0.05) is 13.8 Å². The van der Waals surface area contributed by atoms with Crippen molar-refractivity contribution >= 4 is 0 Å². The van der Waals surface area contributed by atoms with E-state index in [0.717, 1.165) is 12.8 Å². The van der Waals surface area contributed by atoms with Crippen LogP contribution in [0.15, 0.2) is 0 Å². The van der Waals surface area contributed by atoms with Gasteiger partial charge in [-0.05, 0) is 38.6 Å². The van der Waals surface area contributed by atoms with E-state index in [1.165, 1.54) is 0 Å². The highest BCUT2D eigenvalue weighted by Gasteiger charge is 2.48. The van der Waals surface area contributed by atoms with Crippen LogP contribution in [0.3, 0.4) is 0 Å². The van der Waals surface area contributed by atoms with Crippen LogP contribution in [0.4, 0.5) is 13.2 Å². The van der Waals surface area contributed by atoms with Crippen LogP contribution < -0.4 is 5.73 Å². The summed E-state index contributed by atoms with van der Waals surface area (Å²) in [6.45, 7) is 6.17. The fraction of sp³-hybridized carbons (Fsp3) is 1.00. The summed E-state index contributed by atoms with van der Waals surface area (Å²) in [6, 6.07) is -2.36. The van der Waals surface area contributed by atoms with Crippen LogP contribution in [0.25, 0.3) is 0 Å². The average Bonchev–Trinajstić information content (AvgIpc) is 2.19. The molecule has 0 saturated carbocycles. The largest absolute Gasteiger partial charge is 0.405 e. The average molecular weight is 252 g/mol. The van der Waals surface area contributed by atoms with Crippen molar-refractivity contribution in [2.24, 2.45) is 11.7 Å². The van der Waals surface area contributed by atoms with E-state index in [4.69, 9.17) is 5.73 Å². The number of hydrogen-bond acceptors (Lipinski definition) is 2. The number of nitrogens with two attached hydrogens (primary N) is 1. The molecule has 1 aliphatic rings. The minimum atomic E-state index is -4.23. The Hall–Kier alpha value is -0.290. The number of likely N-dealkylation sites (tertiary alicyclic amines) is 1. The van der Waals surface area contributed by atoms with E-state index in [1.54, 1.807) is 11.8 Å². The third kappa shape index (κ3) is 3.58. The third-order valence-corrected chi connectivity index (χ3v) is 3.76. The molecule has 1 aliphatic heterocycles. The summed E-state index contributed by atoms with van der Waals surface area (Å²) in [4.78, 5) is 1.55. The highest BCUT2D eigenvalue weighted by molar-refractivity contribution is 4.92. The molecular formula is C12H23F3N2. The quantitative estimate of drug-likeness (QED) is 0.837. The minimum Gasteiger partial charge on any atom is -0.326 e. The van der Waals surface area contributed by atoms with Crippen LogP contribution in [-0.2, 0) is 0 Å². The summed E-state index contributed by atoms with van der Waals surface area (Å²) >= 11 is 0. The maximum absolute atomic E-state index is 13.1. The fourth-order valence-electron chi connectivity index (χ4n) is 2.74. The Kier molecular flexibility index (Phi) is 4.84. The van der Waals surface area contributed by atoms with Gasteiger partial charge in [0, 0.05) is 12.1 Å². The molecule has 102 valence electrons. The van der Waals surface area contributed by atoms with E-state index in [9.17, 15) is 13.2 Å². The number of halogens is 3. The van der Waals surface area contributed by atoms with Gasteiger partial charge in [0.1, 0.15) is 6.04 Å². The highest BCUT2D eigenvalue weighted by atomic mass is 19.4. The number of piperidine rings is 1. The molecule has 0 aromatic carbocycles. The van der Waals surface area contributed by atoms with Crippen LogP contribution in [-0.4, -0.2) is 35.7 Å². The Balaban J connectivity index is 2.83. The van der Waals surface area contributed by atoms with Crippen LogP contribution >= 0.6 is 0 Å². The number of rotatable bonds is 3. The van der Waals surface area contributed by atoms with Gasteiger partial charge >= 0.3 is 6.18 Å². The molecule has 2 nitrogen and oxygen atoms in total. The van der Waals surface area contributed by atoms with Gasteiger partial charge in [0.2, 0.25) is 0 Å². The zero-order valence-electron chi connectivity index (χ0n) is 10.8. The maximum atomic E-state index is 13.1. The fourth-order valence-corrected chi connectivity index (χ4v) is 2.74. The van der Waals surface area contributed by atoms with Crippen molar-refractivity contribution in [1.29, 1.82) is 0 Å². The molecule has 0 aliphatic carbocycles. The van der Waals surface area contributed by atoms with Crippen molar-refractivity contribution < 1.29 is 13.2 Å². The molecule has 2 N–H and O–H groups in total. The predicted molar refractivity (Wildman–Crippen MR) is 62.7 cm³/mol. The van der Waals surface area contributed by atoms with E-state index in [1.807, 2.05) is 6.92 Å². The molecule has 0 bridgehead atoms. The van der Waals surface area contributed by atoms with Crippen molar-refractivity contribution in [3.63, 3.8) is 0 Å². The number of nitrogens with zero attached hydrogens (tertiary/aromatic N) is 1. The Morgan fingerprint density at radius 1 is 1.35 bits per heavy atom. The highest BCUT2D eigenvalue weighted by Crippen LogP contribution is 2.33. The third-order valence-electron chi connectivity index (χ3n) is 3.76. The predicted octanol–water partition coefficient (Wildman–Crippen LogP) is 2.78. The summed E-state index contributed by atoms with van der Waals surface area (Å²) in [5, 5.41) is 0. The van der Waals surface area contributed by atoms with Gasteiger partial charge in [-0.25, -0.2) is 0 Å². The molecule has 1 saturated heterocycles. The van der Waals surface area contributed by atoms with E-state index in [2.05, 4.69) is 6.92 Å². The van der Waals surface area contributed by atoms with Gasteiger partial charge < -0.3 is 5.73 Å². The molecule has 0 amide bonds. The maximum Gasteiger partial charge on any atom is 0.405 e. The molecule has 0 radical (unpaired) electrons. The first-order chi connectivity index (χ1) is 7.77.